The van der Waals surface area contributed by atoms with Crippen LogP contribution in [0, 0.1) is 11.8 Å². The van der Waals surface area contributed by atoms with E-state index in [4.69, 9.17) is 9.47 Å². The third kappa shape index (κ3) is 4.97. The number of rotatable bonds is 8. The van der Waals surface area contributed by atoms with Gasteiger partial charge in [0.05, 0.1) is 31.2 Å². The molecule has 1 aromatic rings. The molecule has 216 valence electrons. The fourth-order valence-corrected chi connectivity index (χ4v) is 7.29. The van der Waals surface area contributed by atoms with Gasteiger partial charge in [0.15, 0.2) is 0 Å². The van der Waals surface area contributed by atoms with Gasteiger partial charge in [0.1, 0.15) is 11.6 Å². The van der Waals surface area contributed by atoms with Crippen LogP contribution >= 0.6 is 0 Å². The molecule has 5 atom stereocenters. The Morgan fingerprint density at radius 2 is 1.75 bits per heavy atom. The van der Waals surface area contributed by atoms with Gasteiger partial charge in [-0.2, -0.15) is 0 Å². The molecule has 0 aromatic heterocycles. The SMILES string of the molecule is CC(C)c1ccc(NC(=O)[C@@H]2[C@H]3C=C[C@@]4(O3)[C@H]2C(=O)N(CCN2CCOCC2)[C@@H]4C(=O)NC2CCCCC2)cc1. The summed E-state index contributed by atoms with van der Waals surface area (Å²) in [6.07, 6.45) is 8.53. The summed E-state index contributed by atoms with van der Waals surface area (Å²) in [5.41, 5.74) is 0.753. The molecule has 9 nitrogen and oxygen atoms in total. The average Bonchev–Trinajstić information content (AvgIpc) is 3.60. The zero-order chi connectivity index (χ0) is 27.9. The molecule has 4 aliphatic heterocycles. The number of nitrogens with one attached hydrogen (secondary N) is 2. The second-order valence-corrected chi connectivity index (χ2v) is 12.3. The van der Waals surface area contributed by atoms with E-state index in [-0.39, 0.29) is 23.8 Å². The molecular formula is C31H42N4O5. The second kappa shape index (κ2) is 11.3. The number of fused-ring (bicyclic) bond motifs is 1. The van der Waals surface area contributed by atoms with Crippen LogP contribution in [0.4, 0.5) is 5.69 Å². The van der Waals surface area contributed by atoms with Gasteiger partial charge in [-0.05, 0) is 36.5 Å². The Labute approximate surface area is 236 Å². The summed E-state index contributed by atoms with van der Waals surface area (Å²) >= 11 is 0. The Bertz CT molecular complexity index is 1140. The predicted molar refractivity (Wildman–Crippen MR) is 151 cm³/mol. The van der Waals surface area contributed by atoms with E-state index in [9.17, 15) is 14.4 Å². The molecule has 1 aromatic carbocycles. The van der Waals surface area contributed by atoms with Gasteiger partial charge in [0.25, 0.3) is 0 Å². The van der Waals surface area contributed by atoms with Crippen molar-refractivity contribution in [2.45, 2.75) is 75.7 Å². The number of carbonyl (C=O) groups excluding carboxylic acids is 3. The Morgan fingerprint density at radius 1 is 1.02 bits per heavy atom. The molecule has 9 heteroatoms. The van der Waals surface area contributed by atoms with Crippen molar-refractivity contribution in [1.82, 2.24) is 15.1 Å². The van der Waals surface area contributed by atoms with Crippen LogP contribution in [0.15, 0.2) is 36.4 Å². The lowest BCUT2D eigenvalue weighted by Gasteiger charge is -2.35. The highest BCUT2D eigenvalue weighted by Gasteiger charge is 2.72. The monoisotopic (exact) mass is 550 g/mol. The van der Waals surface area contributed by atoms with Crippen LogP contribution in [0.5, 0.6) is 0 Å². The van der Waals surface area contributed by atoms with Crippen LogP contribution in [0.2, 0.25) is 0 Å². The lowest BCUT2D eigenvalue weighted by Crippen LogP contribution is -2.57. The van der Waals surface area contributed by atoms with Gasteiger partial charge in [-0.25, -0.2) is 0 Å². The van der Waals surface area contributed by atoms with Crippen LogP contribution in [0.25, 0.3) is 0 Å². The largest absolute Gasteiger partial charge is 0.379 e. The number of hydrogen-bond acceptors (Lipinski definition) is 6. The summed E-state index contributed by atoms with van der Waals surface area (Å²) in [7, 11) is 0. The topological polar surface area (TPSA) is 100 Å². The van der Waals surface area contributed by atoms with Gasteiger partial charge in [0.2, 0.25) is 17.7 Å². The molecular weight excluding hydrogens is 508 g/mol. The van der Waals surface area contributed by atoms with E-state index < -0.39 is 29.6 Å². The van der Waals surface area contributed by atoms with Gasteiger partial charge in [-0.1, -0.05) is 57.4 Å². The number of benzene rings is 1. The molecule has 0 unspecified atom stereocenters. The highest BCUT2D eigenvalue weighted by atomic mass is 16.5. The minimum atomic E-state index is -1.13. The normalized spacial score (nSPS) is 32.1. The third-order valence-electron chi connectivity index (χ3n) is 9.48. The van der Waals surface area contributed by atoms with Crippen molar-refractivity contribution in [3.63, 3.8) is 0 Å². The smallest absolute Gasteiger partial charge is 0.246 e. The highest BCUT2D eigenvalue weighted by molar-refractivity contribution is 6.02. The maximum Gasteiger partial charge on any atom is 0.246 e. The van der Waals surface area contributed by atoms with Gasteiger partial charge in [-0.3, -0.25) is 19.3 Å². The van der Waals surface area contributed by atoms with E-state index >= 15 is 0 Å². The number of morpholine rings is 1. The minimum absolute atomic E-state index is 0.114. The maximum atomic E-state index is 14.1. The molecule has 1 aliphatic carbocycles. The Hall–Kier alpha value is -2.75. The van der Waals surface area contributed by atoms with Crippen molar-refractivity contribution in [2.24, 2.45) is 11.8 Å². The van der Waals surface area contributed by atoms with E-state index in [1.807, 2.05) is 36.4 Å². The third-order valence-corrected chi connectivity index (χ3v) is 9.48. The van der Waals surface area contributed by atoms with E-state index in [1.54, 1.807) is 4.90 Å². The van der Waals surface area contributed by atoms with Crippen LogP contribution in [-0.4, -0.2) is 90.7 Å². The molecule has 2 N–H and O–H groups in total. The van der Waals surface area contributed by atoms with Crippen molar-refractivity contribution < 1.29 is 23.9 Å². The molecule has 1 saturated carbocycles. The molecule has 3 saturated heterocycles. The van der Waals surface area contributed by atoms with Crippen LogP contribution in [-0.2, 0) is 23.9 Å². The van der Waals surface area contributed by atoms with Crippen LogP contribution in [0.1, 0.15) is 57.4 Å². The molecule has 6 rings (SSSR count). The maximum absolute atomic E-state index is 14.1. The van der Waals surface area contributed by atoms with Crippen molar-refractivity contribution in [3.05, 3.63) is 42.0 Å². The van der Waals surface area contributed by atoms with Crippen molar-refractivity contribution in [3.8, 4) is 0 Å². The predicted octanol–water partition coefficient (Wildman–Crippen LogP) is 2.68. The fraction of sp³-hybridized carbons (Fsp3) is 0.645. The van der Waals surface area contributed by atoms with E-state index in [0.29, 0.717) is 37.9 Å². The first-order chi connectivity index (χ1) is 19.4. The molecule has 40 heavy (non-hydrogen) atoms. The molecule has 3 amide bonds. The minimum Gasteiger partial charge on any atom is -0.379 e. The molecule has 1 spiro atoms. The van der Waals surface area contributed by atoms with E-state index in [2.05, 4.69) is 29.4 Å². The first kappa shape index (κ1) is 27.4. The average molecular weight is 551 g/mol. The van der Waals surface area contributed by atoms with Crippen molar-refractivity contribution in [2.75, 3.05) is 44.7 Å². The summed E-state index contributed by atoms with van der Waals surface area (Å²) in [6, 6.07) is 7.15. The number of carbonyl (C=O) groups is 3. The summed E-state index contributed by atoms with van der Waals surface area (Å²) in [4.78, 5) is 45.7. The summed E-state index contributed by atoms with van der Waals surface area (Å²) in [6.45, 7) is 8.25. The van der Waals surface area contributed by atoms with Crippen molar-refractivity contribution >= 4 is 23.4 Å². The van der Waals surface area contributed by atoms with Gasteiger partial charge in [-0.15, -0.1) is 0 Å². The lowest BCUT2D eigenvalue weighted by molar-refractivity contribution is -0.141. The zero-order valence-electron chi connectivity index (χ0n) is 23.6. The molecule has 4 heterocycles. The number of anilines is 1. The lowest BCUT2D eigenvalue weighted by atomic mass is 9.74. The summed E-state index contributed by atoms with van der Waals surface area (Å²) in [5.74, 6) is -1.61. The highest BCUT2D eigenvalue weighted by Crippen LogP contribution is 2.55. The van der Waals surface area contributed by atoms with Crippen LogP contribution in [0.3, 0.4) is 0 Å². The van der Waals surface area contributed by atoms with E-state index in [0.717, 1.165) is 38.8 Å². The Balaban J connectivity index is 1.24. The summed E-state index contributed by atoms with van der Waals surface area (Å²) in [5, 5.41) is 6.28. The Kier molecular flexibility index (Phi) is 7.72. The van der Waals surface area contributed by atoms with Gasteiger partial charge in [0, 0.05) is 37.9 Å². The zero-order valence-corrected chi connectivity index (χ0v) is 23.6. The van der Waals surface area contributed by atoms with E-state index in [1.165, 1.54) is 12.0 Å². The number of hydrogen-bond donors (Lipinski definition) is 2. The fourth-order valence-electron chi connectivity index (χ4n) is 7.29. The first-order valence-corrected chi connectivity index (χ1v) is 15.1. The molecule has 4 fully saturated rings. The molecule has 5 aliphatic rings. The standard InChI is InChI=1S/C31H42N4O5/c1-20(2)21-8-10-23(11-9-21)32-28(36)25-24-12-13-31(40-24)26(25)30(38)35(15-14-34-16-18-39-19-17-34)27(31)29(37)33-22-6-4-3-5-7-22/h8-13,20,22,24-27H,3-7,14-19H2,1-2H3,(H,32,36)(H,33,37)/t24-,25-,26-,27-,31-/m1/s1. The summed E-state index contributed by atoms with van der Waals surface area (Å²) < 4.78 is 12.0. The number of likely N-dealkylation sites (tertiary alicyclic amines) is 1. The van der Waals surface area contributed by atoms with Gasteiger partial charge < -0.3 is 25.0 Å². The molecule has 2 bridgehead atoms. The van der Waals surface area contributed by atoms with Gasteiger partial charge >= 0.3 is 0 Å². The second-order valence-electron chi connectivity index (χ2n) is 12.3. The van der Waals surface area contributed by atoms with Crippen LogP contribution < -0.4 is 10.6 Å². The number of nitrogens with zero attached hydrogens (tertiary/aromatic N) is 2. The number of ether oxygens (including phenoxy) is 2. The first-order valence-electron chi connectivity index (χ1n) is 15.1. The van der Waals surface area contributed by atoms with Crippen molar-refractivity contribution in [1.29, 1.82) is 0 Å². The quantitative estimate of drug-likeness (QED) is 0.483. The number of amides is 3. The Morgan fingerprint density at radius 3 is 2.45 bits per heavy atom. The molecule has 0 radical (unpaired) electrons.